The molecule has 0 amide bonds. The smallest absolute Gasteiger partial charge is 0.330 e. The molecule has 12 heteroatoms. The fraction of sp³-hybridized carbons (Fsp3) is 0.784. The summed E-state index contributed by atoms with van der Waals surface area (Å²) in [5, 5.41) is 21.7. The van der Waals surface area contributed by atoms with Crippen molar-refractivity contribution in [2.24, 2.45) is 23.7 Å². The summed E-state index contributed by atoms with van der Waals surface area (Å²) in [6.07, 6.45) is 5.21. The van der Waals surface area contributed by atoms with Gasteiger partial charge in [-0.15, -0.1) is 0 Å². The number of hydrogen-bond acceptors (Lipinski definition) is 12. The molecule has 3 aliphatic rings. The number of carbonyl (C=O) groups is 2. The van der Waals surface area contributed by atoms with Crippen molar-refractivity contribution >= 4 is 11.8 Å². The van der Waals surface area contributed by atoms with Crippen LogP contribution in [0.3, 0.4) is 0 Å². The van der Waals surface area contributed by atoms with Crippen LogP contribution >= 0.6 is 0 Å². The first-order chi connectivity index (χ1) is 23.2. The SMILES string of the molecule is CC[C@H]1OC(=O)/C=C\[C@H](C)[C@@H](O[C@@H]2O[C@H](C)C[C@H](N(C)C)[C@H]2O)[C@@H](C)C[C@@H](C)C(=O)/C=C\C=C/[C@@H]1CO[C@@H]1O[C@H](C)[C@@H](O)[C@@H](OC)[C@H]1OC. The molecule has 0 aromatic rings. The molecule has 12 nitrogen and oxygen atoms in total. The van der Waals surface area contributed by atoms with Gasteiger partial charge in [-0.3, -0.25) is 4.79 Å². The number of methoxy groups -OCH3 is 2. The highest BCUT2D eigenvalue weighted by Gasteiger charge is 2.45. The number of ketones is 1. The highest BCUT2D eigenvalue weighted by Crippen LogP contribution is 2.32. The molecule has 280 valence electrons. The van der Waals surface area contributed by atoms with E-state index < -0.39 is 67.2 Å². The van der Waals surface area contributed by atoms with E-state index in [0.29, 0.717) is 19.3 Å². The lowest BCUT2D eigenvalue weighted by atomic mass is 9.84. The number of esters is 1. The summed E-state index contributed by atoms with van der Waals surface area (Å²) in [5.74, 6) is -1.62. The number of allylic oxidation sites excluding steroid dienone is 3. The van der Waals surface area contributed by atoms with Gasteiger partial charge < -0.3 is 48.3 Å². The minimum absolute atomic E-state index is 0.0243. The molecule has 0 saturated carbocycles. The Morgan fingerprint density at radius 1 is 0.857 bits per heavy atom. The first-order valence-corrected chi connectivity index (χ1v) is 17.7. The van der Waals surface area contributed by atoms with E-state index in [0.717, 1.165) is 0 Å². The van der Waals surface area contributed by atoms with Gasteiger partial charge in [-0.1, -0.05) is 52.0 Å². The standard InChI is InChI=1S/C37H61NO11/c1-11-29-26(20-45-37-35(44-10)34(43-9)31(41)25(6)47-37)14-12-13-15-28(39)22(3)18-23(4)33(21(2)16-17-30(40)48-29)49-36-32(42)27(38(7)8)19-24(5)46-36/h12-17,21-27,29,31-37,41-42H,11,18-20H2,1-10H3/b14-12-,15-13-,17-16-/t21-,22+,23-,24+,25+,26+,27-,29+,31+,32+,33+,34+,35+,36-,37+/m0/s1. The Bertz CT molecular complexity index is 1130. The highest BCUT2D eigenvalue weighted by atomic mass is 16.7. The topological polar surface area (TPSA) is 142 Å². The van der Waals surface area contributed by atoms with Crippen LogP contribution in [-0.4, -0.2) is 129 Å². The minimum Gasteiger partial charge on any atom is -0.459 e. The van der Waals surface area contributed by atoms with E-state index >= 15 is 0 Å². The first-order valence-electron chi connectivity index (χ1n) is 17.7. The van der Waals surface area contributed by atoms with Crippen LogP contribution in [0.25, 0.3) is 0 Å². The van der Waals surface area contributed by atoms with Gasteiger partial charge in [0.15, 0.2) is 18.4 Å². The van der Waals surface area contributed by atoms with Crippen LogP contribution in [0, 0.1) is 23.7 Å². The lowest BCUT2D eigenvalue weighted by Gasteiger charge is -2.43. The molecule has 49 heavy (non-hydrogen) atoms. The van der Waals surface area contributed by atoms with Crippen LogP contribution in [0.4, 0.5) is 0 Å². The third-order valence-electron chi connectivity index (χ3n) is 10.0. The first kappa shape index (κ1) is 41.4. The zero-order chi connectivity index (χ0) is 36.4. The van der Waals surface area contributed by atoms with Crippen LogP contribution < -0.4 is 0 Å². The number of aliphatic hydroxyl groups excluding tert-OH is 2. The summed E-state index contributed by atoms with van der Waals surface area (Å²) in [7, 11) is 6.85. The summed E-state index contributed by atoms with van der Waals surface area (Å²) >= 11 is 0. The van der Waals surface area contributed by atoms with Crippen LogP contribution in [0.5, 0.6) is 0 Å². The third kappa shape index (κ3) is 11.2. The Hall–Kier alpha value is -2.00. The molecule has 0 aromatic carbocycles. The molecule has 3 heterocycles. The van der Waals surface area contributed by atoms with Crippen molar-refractivity contribution in [2.75, 3.05) is 34.9 Å². The normalized spacial score (nSPS) is 43.6. The van der Waals surface area contributed by atoms with Crippen LogP contribution in [-0.2, 0) is 42.7 Å². The van der Waals surface area contributed by atoms with Gasteiger partial charge in [0.25, 0.3) is 0 Å². The van der Waals surface area contributed by atoms with E-state index in [-0.39, 0.29) is 42.3 Å². The van der Waals surface area contributed by atoms with Gasteiger partial charge in [0, 0.05) is 44.1 Å². The number of ether oxygens (including phenoxy) is 7. The van der Waals surface area contributed by atoms with Crippen LogP contribution in [0.1, 0.15) is 60.8 Å². The predicted octanol–water partition coefficient (Wildman–Crippen LogP) is 3.44. The fourth-order valence-electron chi connectivity index (χ4n) is 7.05. The Morgan fingerprint density at radius 3 is 2.18 bits per heavy atom. The molecule has 3 rings (SSSR count). The lowest BCUT2D eigenvalue weighted by molar-refractivity contribution is -0.304. The summed E-state index contributed by atoms with van der Waals surface area (Å²) in [6.45, 7) is 11.6. The van der Waals surface area contributed by atoms with Crippen LogP contribution in [0.2, 0.25) is 0 Å². The van der Waals surface area contributed by atoms with E-state index in [4.69, 9.17) is 33.2 Å². The molecular weight excluding hydrogens is 634 g/mol. The van der Waals surface area contributed by atoms with Crippen molar-refractivity contribution in [2.45, 2.75) is 128 Å². The Labute approximate surface area is 292 Å². The molecule has 0 aliphatic carbocycles. The number of rotatable bonds is 9. The third-order valence-corrected chi connectivity index (χ3v) is 10.0. The fourth-order valence-corrected chi connectivity index (χ4v) is 7.05. The van der Waals surface area contributed by atoms with E-state index in [1.807, 2.05) is 59.7 Å². The monoisotopic (exact) mass is 695 g/mol. The Kier molecular flexibility index (Phi) is 16.5. The van der Waals surface area contributed by atoms with Crippen molar-refractivity contribution < 1.29 is 53.0 Å². The molecule has 0 aromatic heterocycles. The number of likely N-dealkylation sites (N-methyl/N-ethyl adjacent to an activating group) is 1. The zero-order valence-corrected chi connectivity index (χ0v) is 31.0. The summed E-state index contributed by atoms with van der Waals surface area (Å²) in [6, 6.07) is -0.140. The Balaban J connectivity index is 1.85. The maximum atomic E-state index is 13.3. The van der Waals surface area contributed by atoms with Gasteiger partial charge in [0.2, 0.25) is 0 Å². The lowest BCUT2D eigenvalue weighted by Crippen LogP contribution is -2.59. The quantitative estimate of drug-likeness (QED) is 0.342. The van der Waals surface area contributed by atoms with Gasteiger partial charge in [-0.05, 0) is 59.2 Å². The second-order valence-corrected chi connectivity index (χ2v) is 14.1. The number of aliphatic hydroxyl groups is 2. The molecule has 2 fully saturated rings. The summed E-state index contributed by atoms with van der Waals surface area (Å²) in [4.78, 5) is 28.4. The average Bonchev–Trinajstić information content (AvgIpc) is 3.06. The molecular formula is C37H61NO11. The minimum atomic E-state index is -0.896. The van der Waals surface area contributed by atoms with E-state index in [1.54, 1.807) is 31.2 Å². The Morgan fingerprint density at radius 2 is 1.55 bits per heavy atom. The molecule has 0 radical (unpaired) electrons. The molecule has 0 bridgehead atoms. The van der Waals surface area contributed by atoms with Crippen molar-refractivity contribution in [3.8, 4) is 0 Å². The molecule has 15 atom stereocenters. The molecule has 3 aliphatic heterocycles. The molecule has 2 N–H and O–H groups in total. The maximum Gasteiger partial charge on any atom is 0.330 e. The van der Waals surface area contributed by atoms with Gasteiger partial charge in [0.1, 0.15) is 30.5 Å². The van der Waals surface area contributed by atoms with Gasteiger partial charge in [0.05, 0.1) is 24.9 Å². The molecule has 0 spiro atoms. The van der Waals surface area contributed by atoms with Crippen molar-refractivity contribution in [1.29, 1.82) is 0 Å². The largest absolute Gasteiger partial charge is 0.459 e. The number of nitrogens with zero attached hydrogens (tertiary/aromatic N) is 1. The highest BCUT2D eigenvalue weighted by molar-refractivity contribution is 5.91. The van der Waals surface area contributed by atoms with Crippen molar-refractivity contribution in [3.63, 3.8) is 0 Å². The average molecular weight is 696 g/mol. The van der Waals surface area contributed by atoms with E-state index in [1.165, 1.54) is 20.3 Å². The summed E-state index contributed by atoms with van der Waals surface area (Å²) in [5.41, 5.74) is 0. The second kappa shape index (κ2) is 19.6. The molecule has 0 unspecified atom stereocenters. The van der Waals surface area contributed by atoms with Gasteiger partial charge in [-0.2, -0.15) is 0 Å². The second-order valence-electron chi connectivity index (χ2n) is 14.1. The van der Waals surface area contributed by atoms with Crippen LogP contribution in [0.15, 0.2) is 36.5 Å². The van der Waals surface area contributed by atoms with E-state index in [2.05, 4.69) is 0 Å². The van der Waals surface area contributed by atoms with E-state index in [9.17, 15) is 19.8 Å². The van der Waals surface area contributed by atoms with Gasteiger partial charge in [-0.25, -0.2) is 4.79 Å². The number of carbonyl (C=O) groups excluding carboxylic acids is 2. The zero-order valence-electron chi connectivity index (χ0n) is 31.0. The summed E-state index contributed by atoms with van der Waals surface area (Å²) < 4.78 is 41.8. The van der Waals surface area contributed by atoms with Crippen molar-refractivity contribution in [1.82, 2.24) is 4.90 Å². The van der Waals surface area contributed by atoms with Gasteiger partial charge >= 0.3 is 5.97 Å². The molecule has 2 saturated heterocycles. The van der Waals surface area contributed by atoms with Crippen molar-refractivity contribution in [3.05, 3.63) is 36.5 Å². The maximum absolute atomic E-state index is 13.3. The number of cyclic esters (lactones) is 1. The number of hydrogen-bond donors (Lipinski definition) is 2. The predicted molar refractivity (Wildman–Crippen MR) is 183 cm³/mol.